The lowest BCUT2D eigenvalue weighted by Crippen LogP contribution is -2.03. The second kappa shape index (κ2) is 6.44. The Hall–Kier alpha value is -2.31. The van der Waals surface area contributed by atoms with Crippen molar-refractivity contribution in [1.29, 1.82) is 0 Å². The van der Waals surface area contributed by atoms with Gasteiger partial charge in [0.1, 0.15) is 0 Å². The Bertz CT molecular complexity index is 865. The molecular formula is C17H13BrN2O3. The van der Waals surface area contributed by atoms with Crippen molar-refractivity contribution in [2.75, 3.05) is 0 Å². The highest BCUT2D eigenvalue weighted by molar-refractivity contribution is 9.10. The van der Waals surface area contributed by atoms with Crippen LogP contribution in [0.4, 0.5) is 5.69 Å². The number of benzene rings is 2. The van der Waals surface area contributed by atoms with Crippen LogP contribution >= 0.6 is 15.9 Å². The monoisotopic (exact) mass is 372 g/mol. The first-order valence-electron chi connectivity index (χ1n) is 7.00. The van der Waals surface area contributed by atoms with E-state index in [1.165, 1.54) is 12.1 Å². The second-order valence-corrected chi connectivity index (χ2v) is 6.12. The summed E-state index contributed by atoms with van der Waals surface area (Å²) in [6.07, 6.45) is -0.403. The topological polar surface area (TPSA) is 76.3 Å². The van der Waals surface area contributed by atoms with Gasteiger partial charge in [-0.15, -0.1) is 0 Å². The fraction of sp³-hybridized carbons (Fsp3) is 0.118. The van der Waals surface area contributed by atoms with Gasteiger partial charge in [-0.25, -0.2) is 0 Å². The van der Waals surface area contributed by atoms with Gasteiger partial charge in [-0.05, 0) is 42.0 Å². The molecule has 0 spiro atoms. The number of aliphatic hydroxyl groups excluding tert-OH is 1. The summed E-state index contributed by atoms with van der Waals surface area (Å²) >= 11 is 3.42. The van der Waals surface area contributed by atoms with Gasteiger partial charge in [0, 0.05) is 34.1 Å². The Morgan fingerprint density at radius 3 is 2.57 bits per heavy atom. The summed E-state index contributed by atoms with van der Waals surface area (Å²) in [4.78, 5) is 14.7. The van der Waals surface area contributed by atoms with E-state index in [9.17, 15) is 15.2 Å². The van der Waals surface area contributed by atoms with E-state index in [1.807, 2.05) is 30.3 Å². The number of non-ortho nitro benzene ring substituents is 1. The minimum Gasteiger partial charge on any atom is -0.388 e. The SMILES string of the molecule is O=[N+]([O-])c1ccc(C(O)Cc2ccc3cc(Br)ccc3n2)cc1. The van der Waals surface area contributed by atoms with Crippen LogP contribution < -0.4 is 0 Å². The molecule has 0 saturated heterocycles. The third kappa shape index (κ3) is 3.55. The summed E-state index contributed by atoms with van der Waals surface area (Å²) in [5.74, 6) is 0. The van der Waals surface area contributed by atoms with Gasteiger partial charge < -0.3 is 5.11 Å². The summed E-state index contributed by atoms with van der Waals surface area (Å²) in [6, 6.07) is 15.6. The van der Waals surface area contributed by atoms with Crippen molar-refractivity contribution >= 4 is 32.5 Å². The minimum atomic E-state index is -0.754. The number of nitrogens with zero attached hydrogens (tertiary/aromatic N) is 2. The van der Waals surface area contributed by atoms with E-state index < -0.39 is 11.0 Å². The quantitative estimate of drug-likeness (QED) is 0.550. The predicted octanol–water partition coefficient (Wildman–Crippen LogP) is 4.18. The van der Waals surface area contributed by atoms with Gasteiger partial charge in [0.15, 0.2) is 0 Å². The summed E-state index contributed by atoms with van der Waals surface area (Å²) in [6.45, 7) is 0. The molecule has 0 aliphatic rings. The van der Waals surface area contributed by atoms with Crippen molar-refractivity contribution in [3.05, 3.63) is 80.4 Å². The van der Waals surface area contributed by atoms with Crippen LogP contribution in [0.3, 0.4) is 0 Å². The standard InChI is InChI=1S/C17H13BrN2O3/c18-13-4-8-16-12(9-13)1-5-14(19-16)10-17(21)11-2-6-15(7-3-11)20(22)23/h1-9,17,21H,10H2. The molecule has 0 fully saturated rings. The van der Waals surface area contributed by atoms with Crippen molar-refractivity contribution in [2.45, 2.75) is 12.5 Å². The van der Waals surface area contributed by atoms with Gasteiger partial charge in [0.25, 0.3) is 5.69 Å². The Morgan fingerprint density at radius 1 is 1.13 bits per heavy atom. The van der Waals surface area contributed by atoms with Crippen LogP contribution in [0.15, 0.2) is 59.1 Å². The van der Waals surface area contributed by atoms with Crippen molar-refractivity contribution < 1.29 is 10.0 Å². The maximum absolute atomic E-state index is 10.7. The molecule has 0 saturated carbocycles. The lowest BCUT2D eigenvalue weighted by atomic mass is 10.0. The number of nitro groups is 1. The maximum Gasteiger partial charge on any atom is 0.269 e. The zero-order valence-electron chi connectivity index (χ0n) is 12.0. The fourth-order valence-electron chi connectivity index (χ4n) is 2.39. The van der Waals surface area contributed by atoms with E-state index in [-0.39, 0.29) is 5.69 Å². The fourth-order valence-corrected chi connectivity index (χ4v) is 2.77. The minimum absolute atomic E-state index is 0.00959. The normalized spacial score (nSPS) is 12.3. The van der Waals surface area contributed by atoms with E-state index in [0.29, 0.717) is 12.0 Å². The highest BCUT2D eigenvalue weighted by atomic mass is 79.9. The van der Waals surface area contributed by atoms with Gasteiger partial charge in [-0.2, -0.15) is 0 Å². The van der Waals surface area contributed by atoms with E-state index in [1.54, 1.807) is 12.1 Å². The van der Waals surface area contributed by atoms with Crippen LogP contribution in [0.25, 0.3) is 10.9 Å². The molecule has 1 N–H and O–H groups in total. The summed E-state index contributed by atoms with van der Waals surface area (Å²) < 4.78 is 0.991. The molecule has 3 rings (SSSR count). The highest BCUT2D eigenvalue weighted by Crippen LogP contribution is 2.23. The molecule has 0 aliphatic carbocycles. The molecule has 3 aromatic rings. The van der Waals surface area contributed by atoms with E-state index in [4.69, 9.17) is 0 Å². The number of hydrogen-bond acceptors (Lipinski definition) is 4. The molecule has 6 heteroatoms. The number of hydrogen-bond donors (Lipinski definition) is 1. The number of nitro benzene ring substituents is 1. The summed E-state index contributed by atoms with van der Waals surface area (Å²) in [5, 5.41) is 22.0. The van der Waals surface area contributed by atoms with Crippen LogP contribution in [-0.4, -0.2) is 15.0 Å². The first-order valence-corrected chi connectivity index (χ1v) is 7.80. The first-order chi connectivity index (χ1) is 11.0. The van der Waals surface area contributed by atoms with Gasteiger partial charge >= 0.3 is 0 Å². The number of pyridine rings is 1. The molecule has 1 unspecified atom stereocenters. The Morgan fingerprint density at radius 2 is 1.87 bits per heavy atom. The molecule has 1 atom stereocenters. The van der Waals surface area contributed by atoms with Gasteiger partial charge in [0.2, 0.25) is 0 Å². The zero-order chi connectivity index (χ0) is 16.4. The second-order valence-electron chi connectivity index (χ2n) is 5.21. The number of fused-ring (bicyclic) bond motifs is 1. The molecule has 0 radical (unpaired) electrons. The number of rotatable bonds is 4. The lowest BCUT2D eigenvalue weighted by molar-refractivity contribution is -0.384. The third-order valence-corrected chi connectivity index (χ3v) is 4.09. The molecule has 23 heavy (non-hydrogen) atoms. The van der Waals surface area contributed by atoms with Crippen molar-refractivity contribution in [1.82, 2.24) is 4.98 Å². The molecule has 116 valence electrons. The first kappa shape index (κ1) is 15.6. The Labute approximate surface area is 140 Å². The highest BCUT2D eigenvalue weighted by Gasteiger charge is 2.12. The average Bonchev–Trinajstić information content (AvgIpc) is 2.55. The smallest absolute Gasteiger partial charge is 0.269 e. The Kier molecular flexibility index (Phi) is 4.36. The predicted molar refractivity (Wildman–Crippen MR) is 91.2 cm³/mol. The molecule has 5 nitrogen and oxygen atoms in total. The van der Waals surface area contributed by atoms with Crippen LogP contribution in [-0.2, 0) is 6.42 Å². The zero-order valence-corrected chi connectivity index (χ0v) is 13.6. The Balaban J connectivity index is 1.80. The van der Waals surface area contributed by atoms with Crippen LogP contribution in [0, 0.1) is 10.1 Å². The van der Waals surface area contributed by atoms with Crippen molar-refractivity contribution in [3.63, 3.8) is 0 Å². The van der Waals surface area contributed by atoms with Crippen LogP contribution in [0.5, 0.6) is 0 Å². The van der Waals surface area contributed by atoms with E-state index in [0.717, 1.165) is 21.1 Å². The van der Waals surface area contributed by atoms with Crippen molar-refractivity contribution in [3.8, 4) is 0 Å². The van der Waals surface area contributed by atoms with Crippen molar-refractivity contribution in [2.24, 2.45) is 0 Å². The molecule has 1 heterocycles. The molecule has 0 amide bonds. The van der Waals surface area contributed by atoms with Crippen LogP contribution in [0.2, 0.25) is 0 Å². The third-order valence-electron chi connectivity index (χ3n) is 3.60. The van der Waals surface area contributed by atoms with E-state index >= 15 is 0 Å². The summed E-state index contributed by atoms with van der Waals surface area (Å²) in [5.41, 5.74) is 2.27. The maximum atomic E-state index is 10.7. The van der Waals surface area contributed by atoms with Gasteiger partial charge in [-0.1, -0.05) is 22.0 Å². The van der Waals surface area contributed by atoms with Crippen LogP contribution in [0.1, 0.15) is 17.4 Å². The molecule has 1 aromatic heterocycles. The number of aromatic nitrogens is 1. The largest absolute Gasteiger partial charge is 0.388 e. The van der Waals surface area contributed by atoms with Gasteiger partial charge in [0.05, 0.1) is 16.5 Å². The molecule has 2 aromatic carbocycles. The molecule has 0 aliphatic heterocycles. The number of halogens is 1. The molecular weight excluding hydrogens is 360 g/mol. The summed E-state index contributed by atoms with van der Waals surface area (Å²) in [7, 11) is 0. The van der Waals surface area contributed by atoms with Gasteiger partial charge in [-0.3, -0.25) is 15.1 Å². The number of aliphatic hydroxyl groups is 1. The molecule has 0 bridgehead atoms. The van der Waals surface area contributed by atoms with E-state index in [2.05, 4.69) is 20.9 Å². The average molecular weight is 373 g/mol. The lowest BCUT2D eigenvalue weighted by Gasteiger charge is -2.11.